The first-order valence-electron chi connectivity index (χ1n) is 7.67. The van der Waals surface area contributed by atoms with E-state index in [9.17, 15) is 9.90 Å². The van der Waals surface area contributed by atoms with Crippen molar-refractivity contribution >= 4 is 6.09 Å². The van der Waals surface area contributed by atoms with Gasteiger partial charge in [-0.05, 0) is 26.8 Å². The molecule has 2 atom stereocenters. The molecule has 0 aromatic carbocycles. The molecule has 1 saturated heterocycles. The number of hydrogen-bond acceptors (Lipinski definition) is 6. The minimum atomic E-state index is -0.634. The number of nitrogens with one attached hydrogen (secondary N) is 1. The summed E-state index contributed by atoms with van der Waals surface area (Å²) in [7, 11) is 1.57. The molecule has 1 aromatic heterocycles. The molecule has 1 aliphatic rings. The summed E-state index contributed by atoms with van der Waals surface area (Å²) >= 11 is 0. The highest BCUT2D eigenvalue weighted by Crippen LogP contribution is 2.18. The number of aliphatic hydroxyl groups is 1. The summed E-state index contributed by atoms with van der Waals surface area (Å²) < 4.78 is 10.5. The number of β-amino-alcohol motifs (C(OH)–C–C–N with tert-alkyl or cyclic N) is 1. The highest BCUT2D eigenvalue weighted by molar-refractivity contribution is 5.68. The van der Waals surface area contributed by atoms with E-state index in [1.165, 1.54) is 4.90 Å². The molecule has 0 spiro atoms. The average Bonchev–Trinajstić information content (AvgIpc) is 2.85. The molecule has 0 saturated carbocycles. The van der Waals surface area contributed by atoms with Gasteiger partial charge in [0.1, 0.15) is 5.60 Å². The summed E-state index contributed by atoms with van der Waals surface area (Å²) in [6.45, 7) is 6.63. The van der Waals surface area contributed by atoms with Gasteiger partial charge in [-0.25, -0.2) is 9.78 Å². The minimum absolute atomic E-state index is 0.215. The molecule has 128 valence electrons. The zero-order valence-corrected chi connectivity index (χ0v) is 14.1. The molecule has 2 heterocycles. The van der Waals surface area contributed by atoms with Gasteiger partial charge in [-0.15, -0.1) is 0 Å². The van der Waals surface area contributed by atoms with Crippen molar-refractivity contribution in [2.75, 3.05) is 20.2 Å². The summed E-state index contributed by atoms with van der Waals surface area (Å²) in [5, 5.41) is 13.4. The molecule has 7 heteroatoms. The maximum atomic E-state index is 12.1. The van der Waals surface area contributed by atoms with Gasteiger partial charge in [0.05, 0.1) is 25.8 Å². The van der Waals surface area contributed by atoms with Crippen molar-refractivity contribution in [1.82, 2.24) is 15.2 Å². The molecule has 2 N–H and O–H groups in total. The largest absolute Gasteiger partial charge is 0.481 e. The van der Waals surface area contributed by atoms with Crippen molar-refractivity contribution in [3.8, 4) is 5.88 Å². The minimum Gasteiger partial charge on any atom is -0.481 e. The van der Waals surface area contributed by atoms with Crippen LogP contribution in [0.1, 0.15) is 26.3 Å². The fourth-order valence-corrected chi connectivity index (χ4v) is 2.45. The number of carbonyl (C=O) groups is 1. The van der Waals surface area contributed by atoms with Gasteiger partial charge in [0.15, 0.2) is 0 Å². The van der Waals surface area contributed by atoms with Gasteiger partial charge in [-0.3, -0.25) is 0 Å². The number of carbonyl (C=O) groups excluding carboxylic acids is 1. The normalized spacial score (nSPS) is 21.3. The van der Waals surface area contributed by atoms with E-state index in [0.29, 0.717) is 19.0 Å². The maximum Gasteiger partial charge on any atom is 0.410 e. The van der Waals surface area contributed by atoms with Crippen LogP contribution in [0.25, 0.3) is 0 Å². The van der Waals surface area contributed by atoms with Gasteiger partial charge < -0.3 is 24.8 Å². The number of nitrogens with zero attached hydrogens (tertiary/aromatic N) is 2. The number of methoxy groups -OCH3 is 1. The Balaban J connectivity index is 1.91. The summed E-state index contributed by atoms with van der Waals surface area (Å²) in [6, 6.07) is 3.52. The van der Waals surface area contributed by atoms with E-state index in [-0.39, 0.29) is 12.6 Å². The lowest BCUT2D eigenvalue weighted by atomic mass is 10.2. The second-order valence-electron chi connectivity index (χ2n) is 6.61. The third-order valence-corrected chi connectivity index (χ3v) is 3.54. The zero-order chi connectivity index (χ0) is 17.0. The first-order valence-corrected chi connectivity index (χ1v) is 7.67. The van der Waals surface area contributed by atoms with E-state index in [0.717, 1.165) is 5.56 Å². The van der Waals surface area contributed by atoms with Gasteiger partial charge in [-0.2, -0.15) is 0 Å². The Kier molecular flexibility index (Phi) is 5.43. The van der Waals surface area contributed by atoms with Crippen molar-refractivity contribution < 1.29 is 19.4 Å². The van der Waals surface area contributed by atoms with Gasteiger partial charge in [0.25, 0.3) is 0 Å². The number of rotatable bonds is 4. The van der Waals surface area contributed by atoms with Crippen LogP contribution in [0.2, 0.25) is 0 Å². The van der Waals surface area contributed by atoms with Crippen LogP contribution >= 0.6 is 0 Å². The maximum absolute atomic E-state index is 12.1. The predicted molar refractivity (Wildman–Crippen MR) is 85.2 cm³/mol. The molecule has 0 unspecified atom stereocenters. The third kappa shape index (κ3) is 4.80. The van der Waals surface area contributed by atoms with E-state index in [1.807, 2.05) is 32.9 Å². The van der Waals surface area contributed by atoms with Gasteiger partial charge in [0.2, 0.25) is 5.88 Å². The van der Waals surface area contributed by atoms with Crippen LogP contribution in [0.3, 0.4) is 0 Å². The first-order chi connectivity index (χ1) is 10.8. The Morgan fingerprint density at radius 1 is 1.48 bits per heavy atom. The predicted octanol–water partition coefficient (Wildman–Crippen LogP) is 1.16. The Morgan fingerprint density at radius 3 is 2.87 bits per heavy atom. The Bertz CT molecular complexity index is 544. The van der Waals surface area contributed by atoms with E-state index < -0.39 is 17.8 Å². The molecular formula is C16H25N3O4. The third-order valence-electron chi connectivity index (χ3n) is 3.54. The lowest BCUT2D eigenvalue weighted by Gasteiger charge is -2.24. The van der Waals surface area contributed by atoms with Crippen molar-refractivity contribution in [3.05, 3.63) is 23.9 Å². The molecule has 0 bridgehead atoms. The standard InChI is InChI=1S/C16H25N3O4/c1-16(2,3)23-15(21)19-9-12(13(20)10-19)18-8-11-6-5-7-17-14(11)22-4/h5-7,12-13,18,20H,8-10H2,1-4H3/t12-,13-/m1/s1. The van der Waals surface area contributed by atoms with E-state index in [2.05, 4.69) is 10.3 Å². The molecule has 1 amide bonds. The zero-order valence-electron chi connectivity index (χ0n) is 14.1. The highest BCUT2D eigenvalue weighted by atomic mass is 16.6. The molecule has 1 fully saturated rings. The molecule has 0 radical (unpaired) electrons. The van der Waals surface area contributed by atoms with Gasteiger partial charge in [-0.1, -0.05) is 6.07 Å². The number of likely N-dealkylation sites (tertiary alicyclic amines) is 1. The van der Waals surface area contributed by atoms with Crippen molar-refractivity contribution in [1.29, 1.82) is 0 Å². The monoisotopic (exact) mass is 323 g/mol. The summed E-state index contributed by atoms with van der Waals surface area (Å²) in [4.78, 5) is 17.7. The van der Waals surface area contributed by atoms with Gasteiger partial charge in [0, 0.05) is 24.8 Å². The SMILES string of the molecule is COc1ncccc1CN[C@@H]1CN(C(=O)OC(C)(C)C)C[C@H]1O. The van der Waals surface area contributed by atoms with E-state index in [1.54, 1.807) is 13.3 Å². The van der Waals surface area contributed by atoms with Crippen LogP contribution in [-0.2, 0) is 11.3 Å². The van der Waals surface area contributed by atoms with Crippen LogP contribution in [0, 0.1) is 0 Å². The molecule has 23 heavy (non-hydrogen) atoms. The van der Waals surface area contributed by atoms with E-state index >= 15 is 0 Å². The lowest BCUT2D eigenvalue weighted by molar-refractivity contribution is 0.0270. The number of hydrogen-bond donors (Lipinski definition) is 2. The lowest BCUT2D eigenvalue weighted by Crippen LogP contribution is -2.39. The number of pyridine rings is 1. The second kappa shape index (κ2) is 7.14. The number of ether oxygens (including phenoxy) is 2. The summed E-state index contributed by atoms with van der Waals surface area (Å²) in [5.41, 5.74) is 0.356. The molecule has 0 aliphatic carbocycles. The molecular weight excluding hydrogens is 298 g/mol. The molecule has 2 rings (SSSR count). The molecule has 7 nitrogen and oxygen atoms in total. The summed E-state index contributed by atoms with van der Waals surface area (Å²) in [6.07, 6.45) is 0.627. The van der Waals surface area contributed by atoms with Crippen LogP contribution in [0.5, 0.6) is 5.88 Å². The van der Waals surface area contributed by atoms with Crippen molar-refractivity contribution in [2.45, 2.75) is 45.1 Å². The Hall–Kier alpha value is -1.86. The van der Waals surface area contributed by atoms with Gasteiger partial charge >= 0.3 is 6.09 Å². The fraction of sp³-hybridized carbons (Fsp3) is 0.625. The van der Waals surface area contributed by atoms with Crippen molar-refractivity contribution in [3.63, 3.8) is 0 Å². The van der Waals surface area contributed by atoms with E-state index in [4.69, 9.17) is 9.47 Å². The quantitative estimate of drug-likeness (QED) is 0.865. The molecule has 1 aliphatic heterocycles. The highest BCUT2D eigenvalue weighted by Gasteiger charge is 2.35. The topological polar surface area (TPSA) is 83.9 Å². The number of aromatic nitrogens is 1. The van der Waals surface area contributed by atoms with Crippen molar-refractivity contribution in [2.24, 2.45) is 0 Å². The number of amides is 1. The average molecular weight is 323 g/mol. The fourth-order valence-electron chi connectivity index (χ4n) is 2.45. The summed E-state index contributed by atoms with van der Waals surface area (Å²) in [5.74, 6) is 0.552. The smallest absolute Gasteiger partial charge is 0.410 e. The Labute approximate surface area is 136 Å². The first kappa shape index (κ1) is 17.5. The molecule has 1 aromatic rings. The van der Waals surface area contributed by atoms with Crippen LogP contribution in [-0.4, -0.2) is 59.0 Å². The second-order valence-corrected chi connectivity index (χ2v) is 6.61. The van der Waals surface area contributed by atoms with Crippen LogP contribution in [0.15, 0.2) is 18.3 Å². The van der Waals surface area contributed by atoms with Crippen LogP contribution in [0.4, 0.5) is 4.79 Å². The number of aliphatic hydroxyl groups excluding tert-OH is 1. The van der Waals surface area contributed by atoms with Crippen LogP contribution < -0.4 is 10.1 Å². The Morgan fingerprint density at radius 2 is 2.22 bits per heavy atom.